The molecule has 2 nitrogen and oxygen atoms in total. The number of ether oxygens (including phenoxy) is 1. The van der Waals surface area contributed by atoms with Crippen LogP contribution in [0.25, 0.3) is 0 Å². The SMILES string of the molecule is COC(C)[N+]1(C)CCCC1. The predicted molar refractivity (Wildman–Crippen MR) is 41.6 cm³/mol. The molecule has 1 unspecified atom stereocenters. The Labute approximate surface area is 63.4 Å². The summed E-state index contributed by atoms with van der Waals surface area (Å²) < 4.78 is 6.42. The summed E-state index contributed by atoms with van der Waals surface area (Å²) in [7, 11) is 4.08. The molecule has 1 heterocycles. The fraction of sp³-hybridized carbons (Fsp3) is 1.00. The van der Waals surface area contributed by atoms with Crippen LogP contribution in [0.2, 0.25) is 0 Å². The van der Waals surface area contributed by atoms with E-state index in [9.17, 15) is 0 Å². The molecule has 60 valence electrons. The number of nitrogens with zero attached hydrogens (tertiary/aromatic N) is 1. The van der Waals surface area contributed by atoms with E-state index in [4.69, 9.17) is 4.74 Å². The second kappa shape index (κ2) is 2.89. The van der Waals surface area contributed by atoms with Gasteiger partial charge in [-0.15, -0.1) is 0 Å². The first-order chi connectivity index (χ1) is 4.69. The lowest BCUT2D eigenvalue weighted by Gasteiger charge is -2.34. The van der Waals surface area contributed by atoms with E-state index >= 15 is 0 Å². The van der Waals surface area contributed by atoms with Gasteiger partial charge in [-0.2, -0.15) is 0 Å². The molecule has 0 radical (unpaired) electrons. The van der Waals surface area contributed by atoms with Gasteiger partial charge in [0.2, 0.25) is 0 Å². The van der Waals surface area contributed by atoms with Gasteiger partial charge in [0.05, 0.1) is 20.1 Å². The summed E-state index contributed by atoms with van der Waals surface area (Å²) >= 11 is 0. The van der Waals surface area contributed by atoms with Crippen LogP contribution in [0.15, 0.2) is 0 Å². The Morgan fingerprint density at radius 3 is 2.20 bits per heavy atom. The maximum absolute atomic E-state index is 5.31. The number of quaternary nitrogens is 1. The zero-order chi connectivity index (χ0) is 7.61. The number of hydrogen-bond donors (Lipinski definition) is 0. The normalized spacial score (nSPS) is 26.7. The average molecular weight is 144 g/mol. The highest BCUT2D eigenvalue weighted by molar-refractivity contribution is 4.52. The summed E-state index contributed by atoms with van der Waals surface area (Å²) in [6.07, 6.45) is 3.11. The van der Waals surface area contributed by atoms with Crippen molar-refractivity contribution >= 4 is 0 Å². The third-order valence-electron chi connectivity index (χ3n) is 2.81. The standard InChI is InChI=1S/C8H18NO/c1-8(10-3)9(2)6-4-5-7-9/h8H,4-7H2,1-3H3/q+1. The van der Waals surface area contributed by atoms with E-state index < -0.39 is 0 Å². The zero-order valence-corrected chi connectivity index (χ0v) is 7.26. The summed E-state index contributed by atoms with van der Waals surface area (Å²) in [6, 6.07) is 0. The quantitative estimate of drug-likeness (QED) is 0.529. The van der Waals surface area contributed by atoms with E-state index in [0.29, 0.717) is 6.23 Å². The molecule has 1 rings (SSSR count). The van der Waals surface area contributed by atoms with E-state index in [1.54, 1.807) is 7.11 Å². The van der Waals surface area contributed by atoms with Crippen molar-refractivity contribution in [3.8, 4) is 0 Å². The van der Waals surface area contributed by atoms with Gasteiger partial charge in [-0.3, -0.25) is 0 Å². The molecule has 0 aromatic rings. The largest absolute Gasteiger partial charge is 0.333 e. The highest BCUT2D eigenvalue weighted by Gasteiger charge is 2.32. The summed E-state index contributed by atoms with van der Waals surface area (Å²) in [4.78, 5) is 0. The first-order valence-electron chi connectivity index (χ1n) is 4.06. The van der Waals surface area contributed by atoms with Gasteiger partial charge < -0.3 is 9.22 Å². The van der Waals surface area contributed by atoms with Crippen LogP contribution in [0.3, 0.4) is 0 Å². The fourth-order valence-electron chi connectivity index (χ4n) is 1.68. The summed E-state index contributed by atoms with van der Waals surface area (Å²) in [5.41, 5.74) is 0. The number of methoxy groups -OCH3 is 1. The van der Waals surface area contributed by atoms with Gasteiger partial charge in [0.1, 0.15) is 0 Å². The highest BCUT2D eigenvalue weighted by atomic mass is 16.5. The van der Waals surface area contributed by atoms with Crippen LogP contribution in [-0.2, 0) is 4.74 Å². The van der Waals surface area contributed by atoms with Crippen LogP contribution >= 0.6 is 0 Å². The Kier molecular flexibility index (Phi) is 2.32. The van der Waals surface area contributed by atoms with E-state index in [0.717, 1.165) is 4.48 Å². The molecule has 1 atom stereocenters. The second-order valence-electron chi connectivity index (χ2n) is 3.47. The van der Waals surface area contributed by atoms with Gasteiger partial charge in [0, 0.05) is 26.9 Å². The van der Waals surface area contributed by atoms with Crippen molar-refractivity contribution in [1.29, 1.82) is 0 Å². The molecule has 1 saturated heterocycles. The minimum absolute atomic E-state index is 0.377. The minimum Gasteiger partial charge on any atom is -0.333 e. The lowest BCUT2D eigenvalue weighted by Crippen LogP contribution is -2.49. The Bertz CT molecular complexity index is 108. The zero-order valence-electron chi connectivity index (χ0n) is 7.26. The van der Waals surface area contributed by atoms with Crippen molar-refractivity contribution in [2.24, 2.45) is 0 Å². The van der Waals surface area contributed by atoms with Crippen molar-refractivity contribution in [3.63, 3.8) is 0 Å². The fourth-order valence-corrected chi connectivity index (χ4v) is 1.68. The molecule has 0 aromatic heterocycles. The first kappa shape index (κ1) is 8.02. The maximum atomic E-state index is 5.31. The van der Waals surface area contributed by atoms with Crippen molar-refractivity contribution in [2.75, 3.05) is 27.2 Å². The monoisotopic (exact) mass is 144 g/mol. The number of rotatable bonds is 2. The van der Waals surface area contributed by atoms with E-state index in [2.05, 4.69) is 14.0 Å². The Morgan fingerprint density at radius 1 is 1.30 bits per heavy atom. The van der Waals surface area contributed by atoms with Crippen molar-refractivity contribution in [2.45, 2.75) is 26.0 Å². The van der Waals surface area contributed by atoms with E-state index in [-0.39, 0.29) is 0 Å². The molecule has 1 aliphatic heterocycles. The van der Waals surface area contributed by atoms with Gasteiger partial charge in [-0.1, -0.05) is 0 Å². The summed E-state index contributed by atoms with van der Waals surface area (Å²) in [5, 5.41) is 0. The van der Waals surface area contributed by atoms with Crippen LogP contribution in [0.1, 0.15) is 19.8 Å². The van der Waals surface area contributed by atoms with Gasteiger partial charge in [-0.05, 0) is 0 Å². The van der Waals surface area contributed by atoms with Crippen molar-refractivity contribution in [1.82, 2.24) is 0 Å². The summed E-state index contributed by atoms with van der Waals surface area (Å²) in [5.74, 6) is 0. The van der Waals surface area contributed by atoms with Crippen LogP contribution in [0.5, 0.6) is 0 Å². The number of likely N-dealkylation sites (tertiary alicyclic amines) is 1. The highest BCUT2D eigenvalue weighted by Crippen LogP contribution is 2.20. The molecule has 0 aromatic carbocycles. The molecule has 0 spiro atoms. The van der Waals surface area contributed by atoms with Crippen molar-refractivity contribution < 1.29 is 9.22 Å². The van der Waals surface area contributed by atoms with Crippen LogP contribution in [-0.4, -0.2) is 38.0 Å². The lowest BCUT2D eigenvalue weighted by atomic mass is 10.4. The van der Waals surface area contributed by atoms with Crippen LogP contribution in [0, 0.1) is 0 Å². The van der Waals surface area contributed by atoms with Crippen molar-refractivity contribution in [3.05, 3.63) is 0 Å². The maximum Gasteiger partial charge on any atom is 0.189 e. The Balaban J connectivity index is 2.49. The van der Waals surface area contributed by atoms with E-state index in [1.807, 2.05) is 0 Å². The smallest absolute Gasteiger partial charge is 0.189 e. The van der Waals surface area contributed by atoms with Gasteiger partial charge >= 0.3 is 0 Å². The van der Waals surface area contributed by atoms with E-state index in [1.165, 1.54) is 25.9 Å². The predicted octanol–water partition coefficient (Wildman–Crippen LogP) is 1.22. The molecule has 2 heteroatoms. The average Bonchev–Trinajstić information content (AvgIpc) is 2.36. The molecular weight excluding hydrogens is 126 g/mol. The molecule has 0 bridgehead atoms. The molecule has 1 fully saturated rings. The van der Waals surface area contributed by atoms with Crippen LogP contribution < -0.4 is 0 Å². The summed E-state index contributed by atoms with van der Waals surface area (Å²) in [6.45, 7) is 4.73. The molecule has 0 aliphatic carbocycles. The Morgan fingerprint density at radius 2 is 1.80 bits per heavy atom. The third kappa shape index (κ3) is 1.32. The minimum atomic E-state index is 0.377. The van der Waals surface area contributed by atoms with Gasteiger partial charge in [-0.25, -0.2) is 0 Å². The van der Waals surface area contributed by atoms with Gasteiger partial charge in [0.25, 0.3) is 0 Å². The second-order valence-corrected chi connectivity index (χ2v) is 3.47. The first-order valence-corrected chi connectivity index (χ1v) is 4.06. The molecule has 1 aliphatic rings. The molecule has 0 saturated carbocycles. The topological polar surface area (TPSA) is 9.23 Å². The lowest BCUT2D eigenvalue weighted by molar-refractivity contribution is -0.941. The molecule has 10 heavy (non-hydrogen) atoms. The third-order valence-corrected chi connectivity index (χ3v) is 2.81. The number of hydrogen-bond acceptors (Lipinski definition) is 1. The molecule has 0 amide bonds. The molecule has 0 N–H and O–H groups in total. The van der Waals surface area contributed by atoms with Crippen LogP contribution in [0.4, 0.5) is 0 Å². The Hall–Kier alpha value is -0.0800. The van der Waals surface area contributed by atoms with Gasteiger partial charge in [0.15, 0.2) is 6.23 Å². The molecular formula is C8H18NO+.